The highest BCUT2D eigenvalue weighted by Crippen LogP contribution is 2.41. The van der Waals surface area contributed by atoms with Crippen LogP contribution in [0.15, 0.2) is 66.9 Å². The number of nitrogens with one attached hydrogen (secondary N) is 1. The fourth-order valence-electron chi connectivity index (χ4n) is 6.72. The Balaban J connectivity index is 1.56. The summed E-state index contributed by atoms with van der Waals surface area (Å²) in [4.78, 5) is 19.8. The number of aryl methyl sites for hydroxylation is 2. The number of carbonyl (C=O) groups is 1. The van der Waals surface area contributed by atoms with Crippen molar-refractivity contribution in [1.29, 1.82) is 0 Å². The molecular weight excluding hydrogens is 675 g/mol. The van der Waals surface area contributed by atoms with Crippen LogP contribution in [-0.2, 0) is 38.3 Å². The van der Waals surface area contributed by atoms with Gasteiger partial charge in [0.05, 0.1) is 29.1 Å². The van der Waals surface area contributed by atoms with Gasteiger partial charge in [0.15, 0.2) is 33.1 Å². The van der Waals surface area contributed by atoms with Gasteiger partial charge in [0.2, 0.25) is 0 Å². The fourth-order valence-corrected chi connectivity index (χ4v) is 8.71. The molecule has 1 aliphatic heterocycles. The van der Waals surface area contributed by atoms with E-state index >= 15 is 8.78 Å². The van der Waals surface area contributed by atoms with Crippen LogP contribution in [0, 0.1) is 17.0 Å². The highest BCUT2D eigenvalue weighted by molar-refractivity contribution is 7.91. The lowest BCUT2D eigenvalue weighted by atomic mass is 9.75. The summed E-state index contributed by atoms with van der Waals surface area (Å²) < 4.78 is 98.3. The van der Waals surface area contributed by atoms with Gasteiger partial charge >= 0.3 is 5.97 Å². The number of H-pyrrole nitrogens is 1. The largest absolute Gasteiger partial charge is 0.463 e. The smallest absolute Gasteiger partial charge is 0.330 e. The van der Waals surface area contributed by atoms with Crippen LogP contribution in [0.25, 0.3) is 28.4 Å². The van der Waals surface area contributed by atoms with Gasteiger partial charge in [-0.25, -0.2) is 31.7 Å². The van der Waals surface area contributed by atoms with E-state index in [0.717, 1.165) is 6.07 Å². The van der Waals surface area contributed by atoms with Gasteiger partial charge in [0.1, 0.15) is 11.6 Å². The summed E-state index contributed by atoms with van der Waals surface area (Å²) in [7, 11) is -2.21. The Kier molecular flexibility index (Phi) is 8.84. The molecule has 0 fully saturated rings. The lowest BCUT2D eigenvalue weighted by molar-refractivity contribution is -0.137. The predicted octanol–water partition coefficient (Wildman–Crippen LogP) is 8.08. The minimum atomic E-state index is -3.73. The number of benzene rings is 3. The van der Waals surface area contributed by atoms with E-state index < -0.39 is 45.1 Å². The Morgan fingerprint density at radius 1 is 1.14 bits per heavy atom. The molecule has 0 spiro atoms. The van der Waals surface area contributed by atoms with Crippen LogP contribution in [0.1, 0.15) is 73.5 Å². The van der Waals surface area contributed by atoms with Crippen molar-refractivity contribution in [1.82, 2.24) is 19.7 Å². The van der Waals surface area contributed by atoms with Crippen molar-refractivity contribution in [2.45, 2.75) is 58.7 Å². The van der Waals surface area contributed by atoms with Crippen LogP contribution < -0.4 is 4.74 Å². The van der Waals surface area contributed by atoms with Crippen LogP contribution in [-0.4, -0.2) is 52.2 Å². The van der Waals surface area contributed by atoms with Gasteiger partial charge in [-0.05, 0) is 79.9 Å². The minimum absolute atomic E-state index is 0.00857. The maximum atomic E-state index is 15.7. The van der Waals surface area contributed by atoms with Gasteiger partial charge in [0.25, 0.3) is 0 Å². The summed E-state index contributed by atoms with van der Waals surface area (Å²) >= 11 is 0. The molecule has 0 radical (unpaired) electrons. The van der Waals surface area contributed by atoms with Crippen LogP contribution in [0.2, 0.25) is 0 Å². The van der Waals surface area contributed by atoms with E-state index in [-0.39, 0.29) is 66.1 Å². The molecule has 0 aliphatic carbocycles. The lowest BCUT2D eigenvalue weighted by Crippen LogP contribution is -2.29. The summed E-state index contributed by atoms with van der Waals surface area (Å²) in [6.07, 6.45) is 4.90. The molecule has 268 valence electrons. The van der Waals surface area contributed by atoms with E-state index in [1.807, 2.05) is 13.8 Å². The maximum Gasteiger partial charge on any atom is 0.330 e. The van der Waals surface area contributed by atoms with E-state index in [1.54, 1.807) is 43.5 Å². The number of aromatic amines is 1. The normalized spacial score (nSPS) is 20.3. The molecule has 51 heavy (non-hydrogen) atoms. The van der Waals surface area contributed by atoms with Gasteiger partial charge in [0, 0.05) is 46.0 Å². The highest BCUT2D eigenvalue weighted by Gasteiger charge is 2.36. The summed E-state index contributed by atoms with van der Waals surface area (Å²) in [5.74, 6) is -2.75. The number of sulfone groups is 1. The van der Waals surface area contributed by atoms with Gasteiger partial charge in [-0.2, -0.15) is 5.10 Å². The van der Waals surface area contributed by atoms with Gasteiger partial charge < -0.3 is 14.5 Å². The van der Waals surface area contributed by atoms with Crippen LogP contribution in [0.5, 0.6) is 11.5 Å². The number of fused-ring (bicyclic) bond motifs is 8. The standard InChI is InChI=1S/C39H42F2N4O5S/c1-6-49-34(46)14-11-25-9-7-10-26(21-25)39(4)18-8-17-38(2,3)24-51(47,48)20-16-29-28-15-19-42-33(28)23-32(41)35(29)50-27-12-13-31(40)30(22-27)36-43-37(39)44-45(36)5/h7,9-15,19,21-23,42H,6,8,16-18,20,24H2,1-5H3/b14-11+/i4D3. The zero-order chi connectivity index (χ0) is 39.1. The fraction of sp³-hybridized carbons (Fsp3) is 0.359. The molecule has 5 aromatic rings. The Labute approximate surface area is 300 Å². The first-order chi connectivity index (χ1) is 25.4. The Morgan fingerprint density at radius 3 is 2.75 bits per heavy atom. The van der Waals surface area contributed by atoms with Crippen molar-refractivity contribution in [3.63, 3.8) is 0 Å². The first-order valence-electron chi connectivity index (χ1n) is 18.3. The van der Waals surface area contributed by atoms with Crippen molar-refractivity contribution in [3.8, 4) is 22.9 Å². The molecule has 1 atom stereocenters. The van der Waals surface area contributed by atoms with Gasteiger partial charge in [-0.15, -0.1) is 0 Å². The second-order valence-electron chi connectivity index (χ2n) is 13.7. The molecule has 1 unspecified atom stereocenters. The molecule has 0 amide bonds. The number of esters is 1. The number of halogens is 2. The molecule has 3 heterocycles. The molecule has 2 aromatic heterocycles. The number of rotatable bonds is 4. The third kappa shape index (κ3) is 7.75. The number of nitrogens with zero attached hydrogens (tertiary/aromatic N) is 3. The van der Waals surface area contributed by atoms with Crippen molar-refractivity contribution in [2.24, 2.45) is 12.5 Å². The van der Waals surface area contributed by atoms with Crippen LogP contribution in [0.4, 0.5) is 8.78 Å². The summed E-state index contributed by atoms with van der Waals surface area (Å²) in [6, 6.07) is 13.4. The van der Waals surface area contributed by atoms with E-state index in [0.29, 0.717) is 34.0 Å². The maximum absolute atomic E-state index is 15.7. The molecule has 1 N–H and O–H groups in total. The number of hydrogen-bond acceptors (Lipinski definition) is 7. The summed E-state index contributed by atoms with van der Waals surface area (Å²) in [6.45, 7) is 2.74. The molecule has 1 aliphatic rings. The Bertz CT molecular complexity index is 2350. The molecule has 12 heteroatoms. The number of carbonyl (C=O) groups excluding carboxylic acids is 1. The topological polar surface area (TPSA) is 116 Å². The lowest BCUT2D eigenvalue weighted by Gasteiger charge is -2.30. The predicted molar refractivity (Wildman–Crippen MR) is 193 cm³/mol. The number of ether oxygens (including phenoxy) is 2. The van der Waals surface area contributed by atoms with Crippen molar-refractivity contribution >= 4 is 32.8 Å². The highest BCUT2D eigenvalue weighted by atomic mass is 32.2. The molecule has 0 saturated carbocycles. The molecule has 0 saturated heterocycles. The van der Waals surface area contributed by atoms with Gasteiger partial charge in [-0.3, -0.25) is 0 Å². The average Bonchev–Trinajstić information content (AvgIpc) is 3.71. The van der Waals surface area contributed by atoms with E-state index in [9.17, 15) is 13.2 Å². The minimum Gasteiger partial charge on any atom is -0.463 e. The Morgan fingerprint density at radius 2 is 1.96 bits per heavy atom. The van der Waals surface area contributed by atoms with Crippen molar-refractivity contribution in [2.75, 3.05) is 18.1 Å². The van der Waals surface area contributed by atoms with Gasteiger partial charge in [-0.1, -0.05) is 44.5 Å². The first kappa shape index (κ1) is 32.1. The Hall–Kier alpha value is -4.84. The quantitative estimate of drug-likeness (QED) is 0.148. The zero-order valence-electron chi connectivity index (χ0n) is 31.9. The summed E-state index contributed by atoms with van der Waals surface area (Å²) in [5, 5.41) is 5.21. The van der Waals surface area contributed by atoms with E-state index in [4.69, 9.17) is 18.6 Å². The monoisotopic (exact) mass is 719 g/mol. The SMILES string of the molecule is [2H]C([2H])([2H])C1(c2cccc(/C=C/C(=O)OCC)c2)CCCC(C)(C)CS(=O)(=O)CCc2c(c(F)cc3[nH]ccc23)Oc2ccc(F)c(c2)-c2nc1nn2C. The third-order valence-electron chi connectivity index (χ3n) is 9.17. The average molecular weight is 720 g/mol. The van der Waals surface area contributed by atoms with Crippen molar-refractivity contribution < 1.29 is 35.6 Å². The van der Waals surface area contributed by atoms with E-state index in [2.05, 4.69) is 10.1 Å². The molecule has 3 aromatic carbocycles. The van der Waals surface area contributed by atoms with Crippen LogP contribution in [0.3, 0.4) is 0 Å². The number of aromatic nitrogens is 4. The number of hydrogen-bond donors (Lipinski definition) is 1. The molecular formula is C39H42F2N4O5S. The van der Waals surface area contributed by atoms with Crippen LogP contribution >= 0.6 is 0 Å². The zero-order valence-corrected chi connectivity index (χ0v) is 29.7. The van der Waals surface area contributed by atoms with Crippen molar-refractivity contribution in [3.05, 3.63) is 101 Å². The first-order valence-corrected chi connectivity index (χ1v) is 18.6. The summed E-state index contributed by atoms with van der Waals surface area (Å²) in [5.41, 5.74) is -1.05. The third-order valence-corrected chi connectivity index (χ3v) is 11.2. The second-order valence-corrected chi connectivity index (χ2v) is 15.9. The molecule has 4 bridgehead atoms. The second kappa shape index (κ2) is 14.1. The molecule has 6 rings (SSSR count). The molecule has 9 nitrogen and oxygen atoms in total. The van der Waals surface area contributed by atoms with E-state index in [1.165, 1.54) is 42.1 Å².